The molecule has 0 saturated heterocycles. The van der Waals surface area contributed by atoms with Crippen molar-refractivity contribution in [3.8, 4) is 0 Å². The number of fused-ring (bicyclic) bond motifs is 1. The van der Waals surface area contributed by atoms with Gasteiger partial charge in [0.1, 0.15) is 17.1 Å². The van der Waals surface area contributed by atoms with E-state index in [9.17, 15) is 9.59 Å². The smallest absolute Gasteiger partial charge is 0.359 e. The fourth-order valence-electron chi connectivity index (χ4n) is 2.85. The van der Waals surface area contributed by atoms with Gasteiger partial charge in [-0.05, 0) is 33.6 Å². The maximum atomic E-state index is 12.7. The minimum atomic E-state index is -0.625. The lowest BCUT2D eigenvalue weighted by Gasteiger charge is -2.21. The van der Waals surface area contributed by atoms with Gasteiger partial charge in [-0.15, -0.1) is 0 Å². The van der Waals surface area contributed by atoms with E-state index in [4.69, 9.17) is 4.74 Å². The average Bonchev–Trinajstić information content (AvgIpc) is 3.08. The lowest BCUT2D eigenvalue weighted by atomic mass is 10.1. The summed E-state index contributed by atoms with van der Waals surface area (Å²) in [6.07, 6.45) is 5.77. The van der Waals surface area contributed by atoms with E-state index in [1.54, 1.807) is 17.9 Å². The molecular weight excluding hydrogens is 322 g/mol. The number of rotatable bonds is 3. The van der Waals surface area contributed by atoms with Gasteiger partial charge in [-0.3, -0.25) is 4.79 Å². The second-order valence-corrected chi connectivity index (χ2v) is 7.18. The first-order valence-corrected chi connectivity index (χ1v) is 8.36. The predicted molar refractivity (Wildman–Crippen MR) is 91.5 cm³/mol. The van der Waals surface area contributed by atoms with Crippen molar-refractivity contribution in [3.63, 3.8) is 0 Å². The van der Waals surface area contributed by atoms with Crippen LogP contribution in [0.1, 0.15) is 60.4 Å². The van der Waals surface area contributed by atoms with Crippen LogP contribution in [0.15, 0.2) is 12.5 Å². The van der Waals surface area contributed by atoms with E-state index in [1.165, 1.54) is 6.20 Å². The Morgan fingerprint density at radius 2 is 2.04 bits per heavy atom. The largest absolute Gasteiger partial charge is 0.455 e. The summed E-state index contributed by atoms with van der Waals surface area (Å²) in [5, 5.41) is 2.75. The minimum absolute atomic E-state index is 0.248. The van der Waals surface area contributed by atoms with Crippen molar-refractivity contribution in [3.05, 3.63) is 29.7 Å². The van der Waals surface area contributed by atoms with Gasteiger partial charge in [-0.1, -0.05) is 0 Å². The summed E-state index contributed by atoms with van der Waals surface area (Å²) < 4.78 is 8.98. The highest BCUT2D eigenvalue weighted by molar-refractivity contribution is 6.06. The zero-order valence-electron chi connectivity index (χ0n) is 15.0. The quantitative estimate of drug-likeness (QED) is 0.861. The molecule has 8 nitrogen and oxygen atoms in total. The normalized spacial score (nSPS) is 14.1. The Kier molecular flexibility index (Phi) is 4.36. The van der Waals surface area contributed by atoms with Crippen molar-refractivity contribution in [1.29, 1.82) is 0 Å². The van der Waals surface area contributed by atoms with E-state index >= 15 is 0 Å². The standard InChI is InChI=1S/C17H23N5O3/c1-17(2,3)25-16(24)13-14(19-12-7-5-6-8-22(12)13)20-15(23)11-9-18-10-21(11)4/h9-10H,5-8H2,1-4H3,(H,20,23). The number of aryl methyl sites for hydroxylation is 2. The molecule has 25 heavy (non-hydrogen) atoms. The number of carbonyl (C=O) groups is 2. The summed E-state index contributed by atoms with van der Waals surface area (Å²) >= 11 is 0. The van der Waals surface area contributed by atoms with Crippen molar-refractivity contribution in [2.45, 2.75) is 52.2 Å². The Balaban J connectivity index is 1.95. The topological polar surface area (TPSA) is 91.0 Å². The van der Waals surface area contributed by atoms with Crippen molar-refractivity contribution < 1.29 is 14.3 Å². The van der Waals surface area contributed by atoms with Gasteiger partial charge >= 0.3 is 5.97 Å². The molecule has 1 amide bonds. The minimum Gasteiger partial charge on any atom is -0.455 e. The molecule has 134 valence electrons. The number of anilines is 1. The maximum Gasteiger partial charge on any atom is 0.359 e. The van der Waals surface area contributed by atoms with Crippen molar-refractivity contribution in [2.75, 3.05) is 5.32 Å². The first kappa shape index (κ1) is 17.2. The Morgan fingerprint density at radius 3 is 2.68 bits per heavy atom. The molecule has 2 aromatic rings. The number of esters is 1. The van der Waals surface area contributed by atoms with Gasteiger partial charge in [0, 0.05) is 20.0 Å². The third-order valence-electron chi connectivity index (χ3n) is 3.95. The molecule has 0 aromatic carbocycles. The third kappa shape index (κ3) is 3.57. The fourth-order valence-corrected chi connectivity index (χ4v) is 2.85. The number of hydrogen-bond donors (Lipinski definition) is 1. The number of aromatic nitrogens is 4. The maximum absolute atomic E-state index is 12.7. The molecular formula is C17H23N5O3. The summed E-state index contributed by atoms with van der Waals surface area (Å²) in [6.45, 7) is 6.13. The van der Waals surface area contributed by atoms with E-state index in [-0.39, 0.29) is 11.7 Å². The third-order valence-corrected chi connectivity index (χ3v) is 3.95. The van der Waals surface area contributed by atoms with Crippen LogP contribution in [-0.2, 0) is 24.8 Å². The van der Waals surface area contributed by atoms with Gasteiger partial charge in [-0.2, -0.15) is 0 Å². The number of nitrogens with zero attached hydrogens (tertiary/aromatic N) is 4. The van der Waals surface area contributed by atoms with Gasteiger partial charge in [0.2, 0.25) is 0 Å². The second-order valence-electron chi connectivity index (χ2n) is 7.18. The number of hydrogen-bond acceptors (Lipinski definition) is 5. The van der Waals surface area contributed by atoms with Crippen molar-refractivity contribution in [2.24, 2.45) is 7.05 Å². The molecule has 0 atom stereocenters. The van der Waals surface area contributed by atoms with Crippen LogP contribution in [0.5, 0.6) is 0 Å². The molecule has 0 spiro atoms. The van der Waals surface area contributed by atoms with Crippen molar-refractivity contribution >= 4 is 17.7 Å². The molecule has 3 rings (SSSR count). The summed E-state index contributed by atoms with van der Waals surface area (Å²) in [6, 6.07) is 0. The number of nitrogens with one attached hydrogen (secondary N) is 1. The van der Waals surface area contributed by atoms with Gasteiger partial charge in [0.25, 0.3) is 5.91 Å². The Hall–Kier alpha value is -2.64. The first-order chi connectivity index (χ1) is 11.8. The molecule has 1 aliphatic heterocycles. The van der Waals surface area contributed by atoms with E-state index < -0.39 is 11.6 Å². The number of ether oxygens (including phenoxy) is 1. The van der Waals surface area contributed by atoms with Crippen LogP contribution in [0, 0.1) is 0 Å². The monoisotopic (exact) mass is 345 g/mol. The Morgan fingerprint density at radius 1 is 1.28 bits per heavy atom. The predicted octanol–water partition coefficient (Wildman–Crippen LogP) is 2.16. The van der Waals surface area contributed by atoms with Gasteiger partial charge in [0.05, 0.1) is 12.5 Å². The van der Waals surface area contributed by atoms with E-state index in [1.807, 2.05) is 25.3 Å². The van der Waals surface area contributed by atoms with E-state index in [0.717, 1.165) is 25.1 Å². The van der Waals surface area contributed by atoms with Crippen LogP contribution in [0.2, 0.25) is 0 Å². The molecule has 0 aliphatic carbocycles. The molecule has 0 unspecified atom stereocenters. The molecule has 0 saturated carbocycles. The molecule has 2 aromatic heterocycles. The summed E-state index contributed by atoms with van der Waals surface area (Å²) in [7, 11) is 1.73. The Bertz CT molecular complexity index is 813. The van der Waals surface area contributed by atoms with Crippen LogP contribution in [0.25, 0.3) is 0 Å². The molecule has 3 heterocycles. The van der Waals surface area contributed by atoms with Gasteiger partial charge < -0.3 is 19.2 Å². The van der Waals surface area contributed by atoms with Gasteiger partial charge in [-0.25, -0.2) is 14.8 Å². The molecule has 0 bridgehead atoms. The zero-order valence-corrected chi connectivity index (χ0v) is 15.0. The molecule has 0 radical (unpaired) electrons. The molecule has 0 fully saturated rings. The molecule has 1 N–H and O–H groups in total. The molecule has 8 heteroatoms. The number of amides is 1. The van der Waals surface area contributed by atoms with E-state index in [2.05, 4.69) is 15.3 Å². The zero-order chi connectivity index (χ0) is 18.2. The number of imidazole rings is 2. The first-order valence-electron chi connectivity index (χ1n) is 8.36. The van der Waals surface area contributed by atoms with Crippen LogP contribution in [0.3, 0.4) is 0 Å². The highest BCUT2D eigenvalue weighted by atomic mass is 16.6. The highest BCUT2D eigenvalue weighted by Gasteiger charge is 2.30. The van der Waals surface area contributed by atoms with Crippen LogP contribution < -0.4 is 5.32 Å². The lowest BCUT2D eigenvalue weighted by molar-refractivity contribution is 0.00579. The SMILES string of the molecule is Cn1cncc1C(=O)Nc1nc2n(c1C(=O)OC(C)(C)C)CCCC2. The van der Waals surface area contributed by atoms with Crippen LogP contribution >= 0.6 is 0 Å². The van der Waals surface area contributed by atoms with Crippen LogP contribution in [-0.4, -0.2) is 36.6 Å². The van der Waals surface area contributed by atoms with Crippen molar-refractivity contribution in [1.82, 2.24) is 19.1 Å². The second kappa shape index (κ2) is 6.34. The Labute approximate surface area is 146 Å². The summed E-state index contributed by atoms with van der Waals surface area (Å²) in [4.78, 5) is 33.6. The fraction of sp³-hybridized carbons (Fsp3) is 0.529. The van der Waals surface area contributed by atoms with E-state index in [0.29, 0.717) is 17.9 Å². The number of carbonyl (C=O) groups excluding carboxylic acids is 2. The van der Waals surface area contributed by atoms with Gasteiger partial charge in [0.15, 0.2) is 11.5 Å². The van der Waals surface area contributed by atoms with Crippen LogP contribution in [0.4, 0.5) is 5.82 Å². The summed E-state index contributed by atoms with van der Waals surface area (Å²) in [5.74, 6) is 0.207. The lowest BCUT2D eigenvalue weighted by Crippen LogP contribution is -2.27. The highest BCUT2D eigenvalue weighted by Crippen LogP contribution is 2.26. The summed E-state index contributed by atoms with van der Waals surface area (Å²) in [5.41, 5.74) is 0.0704. The molecule has 1 aliphatic rings. The average molecular weight is 345 g/mol.